The van der Waals surface area contributed by atoms with Crippen molar-refractivity contribution in [3.63, 3.8) is 0 Å². The van der Waals surface area contributed by atoms with Crippen LogP contribution < -0.4 is 20.7 Å². The minimum Gasteiger partial charge on any atom is -0.483 e. The molecule has 39 heavy (non-hydrogen) atoms. The first-order valence-electron chi connectivity index (χ1n) is 13.0. The number of ether oxygens (including phenoxy) is 1. The number of nitrogens with one attached hydrogen (secondary N) is 3. The van der Waals surface area contributed by atoms with Gasteiger partial charge in [-0.1, -0.05) is 12.1 Å². The smallest absolute Gasteiger partial charge is 0.266 e. The monoisotopic (exact) mass is 532 g/mol. The van der Waals surface area contributed by atoms with Crippen LogP contribution in [0.3, 0.4) is 0 Å². The Hall–Kier alpha value is -4.54. The number of nitrogens with zero attached hydrogens (tertiary/aromatic N) is 1. The summed E-state index contributed by atoms with van der Waals surface area (Å²) in [5.74, 6) is -3.05. The third-order valence-electron chi connectivity index (χ3n) is 7.11. The molecule has 11 heteroatoms. The number of hydrogen-bond donors (Lipinski definition) is 3. The lowest BCUT2D eigenvalue weighted by atomic mass is 10.0. The molecule has 2 heterocycles. The predicted molar refractivity (Wildman–Crippen MR) is 137 cm³/mol. The van der Waals surface area contributed by atoms with Gasteiger partial charge in [0.1, 0.15) is 11.8 Å². The average Bonchev–Trinajstić information content (AvgIpc) is 3.49. The number of amides is 6. The Morgan fingerprint density at radius 1 is 0.949 bits per heavy atom. The van der Waals surface area contributed by atoms with Gasteiger partial charge < -0.3 is 15.4 Å². The van der Waals surface area contributed by atoms with Crippen LogP contribution in [-0.4, -0.2) is 66.1 Å². The summed E-state index contributed by atoms with van der Waals surface area (Å²) in [7, 11) is 0. The summed E-state index contributed by atoms with van der Waals surface area (Å²) in [5, 5.41) is 7.70. The van der Waals surface area contributed by atoms with Crippen LogP contribution in [0.2, 0.25) is 0 Å². The maximum atomic E-state index is 13.1. The lowest BCUT2D eigenvalue weighted by molar-refractivity contribution is -0.136. The van der Waals surface area contributed by atoms with Gasteiger partial charge in [-0.3, -0.25) is 39.0 Å². The minimum absolute atomic E-state index is 0.0189. The molecule has 1 unspecified atom stereocenters. The third-order valence-corrected chi connectivity index (χ3v) is 7.11. The zero-order valence-corrected chi connectivity index (χ0v) is 21.2. The van der Waals surface area contributed by atoms with Crippen molar-refractivity contribution in [2.24, 2.45) is 0 Å². The molecule has 2 aromatic rings. The van der Waals surface area contributed by atoms with Crippen LogP contribution in [0.1, 0.15) is 67.9 Å². The first-order chi connectivity index (χ1) is 18.8. The Balaban J connectivity index is 1.09. The second-order valence-electron chi connectivity index (χ2n) is 9.71. The summed E-state index contributed by atoms with van der Waals surface area (Å²) < 4.78 is 5.56. The highest BCUT2D eigenvalue weighted by molar-refractivity contribution is 6.24. The molecular weight excluding hydrogens is 504 g/mol. The summed E-state index contributed by atoms with van der Waals surface area (Å²) >= 11 is 0. The van der Waals surface area contributed by atoms with E-state index in [1.807, 2.05) is 18.2 Å². The average molecular weight is 533 g/mol. The topological polar surface area (TPSA) is 151 Å². The Morgan fingerprint density at radius 2 is 1.74 bits per heavy atom. The van der Waals surface area contributed by atoms with E-state index in [1.165, 1.54) is 29.3 Å². The maximum Gasteiger partial charge on any atom is 0.266 e. The Labute approximate surface area is 224 Å². The zero-order valence-electron chi connectivity index (χ0n) is 21.2. The summed E-state index contributed by atoms with van der Waals surface area (Å²) in [6.07, 6.45) is 3.75. The lowest BCUT2D eigenvalue weighted by Gasteiger charge is -2.27. The van der Waals surface area contributed by atoms with E-state index in [1.54, 1.807) is 0 Å². The van der Waals surface area contributed by atoms with Crippen molar-refractivity contribution in [1.82, 2.24) is 20.9 Å². The van der Waals surface area contributed by atoms with Gasteiger partial charge in [0.05, 0.1) is 11.1 Å². The van der Waals surface area contributed by atoms with Crippen molar-refractivity contribution in [3.8, 4) is 5.75 Å². The summed E-state index contributed by atoms with van der Waals surface area (Å²) in [5.41, 5.74) is 3.22. The highest BCUT2D eigenvalue weighted by Gasteiger charge is 2.46. The van der Waals surface area contributed by atoms with Crippen LogP contribution in [0, 0.1) is 0 Å². The van der Waals surface area contributed by atoms with Crippen LogP contribution in [0.25, 0.3) is 0 Å². The fraction of sp³-hybridized carbons (Fsp3) is 0.357. The van der Waals surface area contributed by atoms with Crippen molar-refractivity contribution >= 4 is 35.4 Å². The molecule has 202 valence electrons. The van der Waals surface area contributed by atoms with Crippen LogP contribution in [-0.2, 0) is 27.2 Å². The second kappa shape index (κ2) is 11.1. The second-order valence-corrected chi connectivity index (χ2v) is 9.71. The molecule has 5 rings (SSSR count). The Bertz CT molecular complexity index is 1390. The molecule has 0 saturated carbocycles. The molecule has 0 spiro atoms. The highest BCUT2D eigenvalue weighted by Crippen LogP contribution is 2.33. The van der Waals surface area contributed by atoms with E-state index in [9.17, 15) is 28.8 Å². The molecule has 1 saturated heterocycles. The number of rotatable bonds is 9. The van der Waals surface area contributed by atoms with Gasteiger partial charge in [-0.25, -0.2) is 0 Å². The number of aryl methyl sites for hydroxylation is 2. The quantitative estimate of drug-likeness (QED) is 0.321. The molecule has 1 aliphatic carbocycles. The number of piperidine rings is 1. The van der Waals surface area contributed by atoms with Crippen LogP contribution in [0.15, 0.2) is 36.4 Å². The molecule has 0 radical (unpaired) electrons. The molecule has 11 nitrogen and oxygen atoms in total. The van der Waals surface area contributed by atoms with Gasteiger partial charge in [0.25, 0.3) is 23.6 Å². The molecule has 3 aliphatic rings. The SMILES string of the molecule is O=C(COc1cccc2c1C(=O)N(C1CCC(=O)NC1=O)C2=O)NCCCNC(=O)c1ccc2c(c1)CCC2. The summed E-state index contributed by atoms with van der Waals surface area (Å²) in [6, 6.07) is 9.14. The van der Waals surface area contributed by atoms with Gasteiger partial charge in [0.15, 0.2) is 6.61 Å². The third kappa shape index (κ3) is 5.38. The fourth-order valence-electron chi connectivity index (χ4n) is 5.13. The zero-order chi connectivity index (χ0) is 27.5. The fourth-order valence-corrected chi connectivity index (χ4v) is 5.13. The van der Waals surface area contributed by atoms with Crippen molar-refractivity contribution in [3.05, 3.63) is 64.2 Å². The molecule has 2 aliphatic heterocycles. The van der Waals surface area contributed by atoms with Gasteiger partial charge in [-0.15, -0.1) is 0 Å². The number of benzene rings is 2. The molecule has 0 bridgehead atoms. The first kappa shape index (κ1) is 26.1. The van der Waals surface area contributed by atoms with Gasteiger partial charge in [0, 0.05) is 25.1 Å². The molecular formula is C28H28N4O7. The molecule has 0 aromatic heterocycles. The largest absolute Gasteiger partial charge is 0.483 e. The standard InChI is InChI=1S/C28H28N4O7/c33-22-11-10-20(26(36)31-22)32-27(37)19-6-2-7-21(24(19)28(32)38)39-15-23(34)29-12-3-13-30-25(35)18-9-8-16-4-1-5-17(16)14-18/h2,6-9,14,20H,1,3-5,10-13,15H2,(H,29,34)(H,30,35)(H,31,33,36). The van der Waals surface area contributed by atoms with Crippen molar-refractivity contribution in [1.29, 1.82) is 0 Å². The normalized spacial score (nSPS) is 17.9. The molecule has 1 atom stereocenters. The highest BCUT2D eigenvalue weighted by atomic mass is 16.5. The van der Waals surface area contributed by atoms with Gasteiger partial charge in [-0.2, -0.15) is 0 Å². The van der Waals surface area contributed by atoms with Gasteiger partial charge in [-0.05, 0) is 67.5 Å². The first-order valence-corrected chi connectivity index (χ1v) is 13.0. The van der Waals surface area contributed by atoms with Crippen molar-refractivity contribution < 1.29 is 33.5 Å². The maximum absolute atomic E-state index is 13.1. The number of fused-ring (bicyclic) bond motifs is 2. The molecule has 2 aromatic carbocycles. The van der Waals surface area contributed by atoms with Gasteiger partial charge >= 0.3 is 0 Å². The lowest BCUT2D eigenvalue weighted by Crippen LogP contribution is -2.54. The number of carbonyl (C=O) groups is 6. The van der Waals surface area contributed by atoms with E-state index in [0.29, 0.717) is 25.1 Å². The van der Waals surface area contributed by atoms with Crippen LogP contribution in [0.4, 0.5) is 0 Å². The van der Waals surface area contributed by atoms with Crippen molar-refractivity contribution in [2.75, 3.05) is 19.7 Å². The van der Waals surface area contributed by atoms with E-state index in [2.05, 4.69) is 16.0 Å². The minimum atomic E-state index is -1.09. The van der Waals surface area contributed by atoms with Crippen molar-refractivity contribution in [2.45, 2.75) is 44.6 Å². The molecule has 1 fully saturated rings. The Morgan fingerprint density at radius 3 is 2.56 bits per heavy atom. The van der Waals surface area contributed by atoms with E-state index in [-0.39, 0.29) is 35.6 Å². The van der Waals surface area contributed by atoms with Gasteiger partial charge in [0.2, 0.25) is 11.8 Å². The van der Waals surface area contributed by atoms with E-state index in [0.717, 1.165) is 24.2 Å². The molecule has 6 amide bonds. The number of hydrogen-bond acceptors (Lipinski definition) is 7. The summed E-state index contributed by atoms with van der Waals surface area (Å²) in [6.45, 7) is 0.300. The van der Waals surface area contributed by atoms with Crippen LogP contribution >= 0.6 is 0 Å². The van der Waals surface area contributed by atoms with E-state index >= 15 is 0 Å². The molecule has 3 N–H and O–H groups in total. The summed E-state index contributed by atoms with van der Waals surface area (Å²) in [4.78, 5) is 75.2. The van der Waals surface area contributed by atoms with Crippen LogP contribution in [0.5, 0.6) is 5.75 Å². The number of carbonyl (C=O) groups excluding carboxylic acids is 6. The predicted octanol–water partition coefficient (Wildman–Crippen LogP) is 0.892. The number of imide groups is 2. The van der Waals surface area contributed by atoms with E-state index in [4.69, 9.17) is 4.74 Å². The Kier molecular flexibility index (Phi) is 7.40. The van der Waals surface area contributed by atoms with E-state index < -0.39 is 42.2 Å².